The van der Waals surface area contributed by atoms with Crippen molar-refractivity contribution in [2.75, 3.05) is 0 Å². The standard InChI is InChI=1S/C11H9NO2S/c1-6(2)10(13)7-4-3-5-8-9(7)11(14)12-15-8/h3-5H,1H2,2H3,(H,12,14). The minimum Gasteiger partial charge on any atom is -0.289 e. The van der Waals surface area contributed by atoms with Crippen LogP contribution in [0.4, 0.5) is 0 Å². The molecule has 2 rings (SSSR count). The normalized spacial score (nSPS) is 10.5. The highest BCUT2D eigenvalue weighted by Gasteiger charge is 2.13. The number of ketones is 1. The summed E-state index contributed by atoms with van der Waals surface area (Å²) in [4.78, 5) is 23.3. The highest BCUT2D eigenvalue weighted by Crippen LogP contribution is 2.20. The van der Waals surface area contributed by atoms with Gasteiger partial charge in [0.1, 0.15) is 0 Å². The van der Waals surface area contributed by atoms with E-state index in [9.17, 15) is 9.59 Å². The zero-order valence-corrected chi connectivity index (χ0v) is 8.98. The molecule has 3 nitrogen and oxygen atoms in total. The van der Waals surface area contributed by atoms with E-state index in [1.165, 1.54) is 11.5 Å². The summed E-state index contributed by atoms with van der Waals surface area (Å²) in [5.74, 6) is -0.176. The lowest BCUT2D eigenvalue weighted by molar-refractivity contribution is 0.103. The Kier molecular flexibility index (Phi) is 2.28. The number of rotatable bonds is 2. The van der Waals surface area contributed by atoms with Gasteiger partial charge in [0, 0.05) is 5.56 Å². The fourth-order valence-corrected chi connectivity index (χ4v) is 2.18. The van der Waals surface area contributed by atoms with Crippen LogP contribution in [-0.2, 0) is 0 Å². The molecule has 0 amide bonds. The molecule has 1 aromatic carbocycles. The fourth-order valence-electron chi connectivity index (χ4n) is 1.42. The number of carbonyl (C=O) groups excluding carboxylic acids is 1. The molecule has 15 heavy (non-hydrogen) atoms. The van der Waals surface area contributed by atoms with Gasteiger partial charge in [0.15, 0.2) is 5.78 Å². The number of aromatic nitrogens is 1. The Morgan fingerprint density at radius 2 is 2.20 bits per heavy atom. The number of allylic oxidation sites excluding steroid dienone is 1. The average molecular weight is 219 g/mol. The van der Waals surface area contributed by atoms with Crippen LogP contribution in [0.15, 0.2) is 35.1 Å². The molecule has 1 N–H and O–H groups in total. The van der Waals surface area contributed by atoms with Gasteiger partial charge in [-0.15, -0.1) is 0 Å². The Balaban J connectivity index is 2.81. The Morgan fingerprint density at radius 3 is 2.87 bits per heavy atom. The number of aromatic amines is 1. The molecule has 0 fully saturated rings. The summed E-state index contributed by atoms with van der Waals surface area (Å²) < 4.78 is 3.41. The zero-order valence-electron chi connectivity index (χ0n) is 8.16. The monoisotopic (exact) mass is 219 g/mol. The summed E-state index contributed by atoms with van der Waals surface area (Å²) in [6.45, 7) is 5.23. The lowest BCUT2D eigenvalue weighted by atomic mass is 10.0. The zero-order chi connectivity index (χ0) is 11.0. The molecule has 0 aliphatic rings. The van der Waals surface area contributed by atoms with Gasteiger partial charge in [0.25, 0.3) is 5.56 Å². The minimum atomic E-state index is -0.208. The van der Waals surface area contributed by atoms with Crippen molar-refractivity contribution in [3.8, 4) is 0 Å². The third-order valence-corrected chi connectivity index (χ3v) is 2.99. The fraction of sp³-hybridized carbons (Fsp3) is 0.0909. The van der Waals surface area contributed by atoms with E-state index >= 15 is 0 Å². The molecular formula is C11H9NO2S. The van der Waals surface area contributed by atoms with Gasteiger partial charge >= 0.3 is 0 Å². The van der Waals surface area contributed by atoms with Gasteiger partial charge in [-0.05, 0) is 18.6 Å². The topological polar surface area (TPSA) is 49.9 Å². The van der Waals surface area contributed by atoms with E-state index in [1.807, 2.05) is 6.07 Å². The van der Waals surface area contributed by atoms with Crippen LogP contribution in [0.1, 0.15) is 17.3 Å². The molecule has 76 valence electrons. The Morgan fingerprint density at radius 1 is 1.47 bits per heavy atom. The van der Waals surface area contributed by atoms with Gasteiger partial charge in [-0.1, -0.05) is 30.2 Å². The van der Waals surface area contributed by atoms with Crippen molar-refractivity contribution in [3.63, 3.8) is 0 Å². The number of Topliss-reactive ketones (excluding diaryl/α,β-unsaturated/α-hetero) is 1. The van der Waals surface area contributed by atoms with E-state index in [0.717, 1.165) is 4.70 Å². The largest absolute Gasteiger partial charge is 0.289 e. The molecule has 0 aliphatic carbocycles. The molecule has 0 bridgehead atoms. The van der Waals surface area contributed by atoms with Gasteiger partial charge in [-0.25, -0.2) is 0 Å². The maximum atomic E-state index is 11.8. The summed E-state index contributed by atoms with van der Waals surface area (Å²) in [7, 11) is 0. The third kappa shape index (κ3) is 1.53. The number of hydrogen-bond donors (Lipinski definition) is 1. The Bertz CT molecular complexity index is 606. The van der Waals surface area contributed by atoms with Crippen LogP contribution in [0.2, 0.25) is 0 Å². The van der Waals surface area contributed by atoms with E-state index in [-0.39, 0.29) is 11.3 Å². The molecule has 0 saturated heterocycles. The molecule has 0 spiro atoms. The maximum absolute atomic E-state index is 11.8. The molecule has 0 saturated carbocycles. The Labute approximate surface area is 90.2 Å². The summed E-state index contributed by atoms with van der Waals surface area (Å²) in [6.07, 6.45) is 0. The number of benzene rings is 1. The number of H-pyrrole nitrogens is 1. The first-order chi connectivity index (χ1) is 7.11. The first kappa shape index (κ1) is 9.86. The van der Waals surface area contributed by atoms with Crippen LogP contribution in [-0.4, -0.2) is 10.2 Å². The van der Waals surface area contributed by atoms with Crippen molar-refractivity contribution < 1.29 is 4.79 Å². The highest BCUT2D eigenvalue weighted by atomic mass is 32.1. The molecule has 0 aliphatic heterocycles. The summed E-state index contributed by atoms with van der Waals surface area (Å²) in [5.41, 5.74) is 0.663. The minimum absolute atomic E-state index is 0.176. The first-order valence-corrected chi connectivity index (χ1v) is 5.23. The molecular weight excluding hydrogens is 210 g/mol. The van der Waals surface area contributed by atoms with Crippen molar-refractivity contribution in [1.29, 1.82) is 0 Å². The van der Waals surface area contributed by atoms with E-state index in [1.54, 1.807) is 19.1 Å². The van der Waals surface area contributed by atoms with Gasteiger partial charge in [0.2, 0.25) is 0 Å². The quantitative estimate of drug-likeness (QED) is 0.622. The summed E-state index contributed by atoms with van der Waals surface area (Å²) in [5, 5.41) is 0.468. The average Bonchev–Trinajstić information content (AvgIpc) is 2.59. The van der Waals surface area contributed by atoms with Crippen LogP contribution in [0.25, 0.3) is 10.1 Å². The van der Waals surface area contributed by atoms with Crippen molar-refractivity contribution >= 4 is 27.4 Å². The van der Waals surface area contributed by atoms with Crippen LogP contribution >= 0.6 is 11.5 Å². The van der Waals surface area contributed by atoms with Crippen LogP contribution in [0, 0.1) is 0 Å². The highest BCUT2D eigenvalue weighted by molar-refractivity contribution is 7.13. The van der Waals surface area contributed by atoms with E-state index in [2.05, 4.69) is 11.0 Å². The van der Waals surface area contributed by atoms with Gasteiger partial charge in [-0.2, -0.15) is 0 Å². The van der Waals surface area contributed by atoms with Crippen molar-refractivity contribution in [1.82, 2.24) is 4.37 Å². The third-order valence-electron chi connectivity index (χ3n) is 2.14. The second kappa shape index (κ2) is 3.47. The number of carbonyl (C=O) groups is 1. The number of hydrogen-bond acceptors (Lipinski definition) is 3. The lowest BCUT2D eigenvalue weighted by Crippen LogP contribution is -2.06. The van der Waals surface area contributed by atoms with E-state index in [0.29, 0.717) is 16.5 Å². The van der Waals surface area contributed by atoms with Crippen LogP contribution in [0.3, 0.4) is 0 Å². The Hall–Kier alpha value is -1.68. The second-order valence-corrected chi connectivity index (χ2v) is 4.17. The van der Waals surface area contributed by atoms with Crippen molar-refractivity contribution in [2.24, 2.45) is 0 Å². The summed E-state index contributed by atoms with van der Waals surface area (Å²) >= 11 is 1.24. The molecule has 4 heteroatoms. The van der Waals surface area contributed by atoms with Gasteiger partial charge < -0.3 is 0 Å². The molecule has 0 radical (unpaired) electrons. The smallest absolute Gasteiger partial charge is 0.266 e. The molecule has 0 atom stereocenters. The SMILES string of the molecule is C=C(C)C(=O)c1cccc2s[nH]c(=O)c12. The molecule has 1 aromatic heterocycles. The van der Waals surface area contributed by atoms with E-state index in [4.69, 9.17) is 0 Å². The maximum Gasteiger partial charge on any atom is 0.266 e. The van der Waals surface area contributed by atoms with Crippen LogP contribution in [0.5, 0.6) is 0 Å². The first-order valence-electron chi connectivity index (χ1n) is 4.41. The predicted molar refractivity (Wildman–Crippen MR) is 61.6 cm³/mol. The molecule has 2 aromatic rings. The van der Waals surface area contributed by atoms with Gasteiger partial charge in [0.05, 0.1) is 10.1 Å². The van der Waals surface area contributed by atoms with E-state index < -0.39 is 0 Å². The van der Waals surface area contributed by atoms with Crippen molar-refractivity contribution in [2.45, 2.75) is 6.92 Å². The number of fused-ring (bicyclic) bond motifs is 1. The summed E-state index contributed by atoms with van der Waals surface area (Å²) in [6, 6.07) is 5.23. The van der Waals surface area contributed by atoms with Crippen LogP contribution < -0.4 is 5.56 Å². The predicted octanol–water partition coefficient (Wildman–Crippen LogP) is 2.35. The van der Waals surface area contributed by atoms with Crippen molar-refractivity contribution in [3.05, 3.63) is 46.3 Å². The van der Waals surface area contributed by atoms with Gasteiger partial charge in [-0.3, -0.25) is 14.0 Å². The molecule has 1 heterocycles. The second-order valence-electron chi connectivity index (χ2n) is 3.32. The lowest BCUT2D eigenvalue weighted by Gasteiger charge is -1.99. The number of nitrogens with one attached hydrogen (secondary N) is 1. The molecule has 0 unspecified atom stereocenters.